The van der Waals surface area contributed by atoms with Gasteiger partial charge in [0.15, 0.2) is 0 Å². The second-order valence-corrected chi connectivity index (χ2v) is 7.21. The molecule has 2 aromatic heterocycles. The highest BCUT2D eigenvalue weighted by molar-refractivity contribution is 5.72. The number of rotatable bonds is 2. The fourth-order valence-electron chi connectivity index (χ4n) is 3.44. The molecule has 0 saturated heterocycles. The van der Waals surface area contributed by atoms with Gasteiger partial charge in [-0.05, 0) is 36.6 Å². The third-order valence-electron chi connectivity index (χ3n) is 5.13. The van der Waals surface area contributed by atoms with Crippen LogP contribution in [0.25, 0.3) is 11.3 Å². The first-order valence-corrected chi connectivity index (χ1v) is 9.63. The summed E-state index contributed by atoms with van der Waals surface area (Å²) in [5.74, 6) is 6.25. The van der Waals surface area contributed by atoms with Crippen molar-refractivity contribution >= 4 is 5.97 Å². The van der Waals surface area contributed by atoms with Crippen LogP contribution in [-0.4, -0.2) is 27.6 Å². The molecule has 3 aromatic rings. The van der Waals surface area contributed by atoms with E-state index in [9.17, 15) is 18.0 Å². The van der Waals surface area contributed by atoms with Gasteiger partial charge in [0.25, 0.3) is 0 Å². The molecule has 0 fully saturated rings. The molecule has 1 aromatic carbocycles. The number of carbonyl (C=O) groups is 1. The lowest BCUT2D eigenvalue weighted by Crippen LogP contribution is -2.27. The van der Waals surface area contributed by atoms with Crippen LogP contribution < -0.4 is 0 Å². The number of carbonyl (C=O) groups excluding carboxylic acids is 1. The average molecular weight is 425 g/mol. The van der Waals surface area contributed by atoms with Gasteiger partial charge in [-0.2, -0.15) is 13.2 Å². The fraction of sp³-hybridized carbons (Fsp3) is 0.261. The van der Waals surface area contributed by atoms with E-state index in [1.807, 2.05) is 35.0 Å². The Bertz CT molecular complexity index is 1150. The number of aryl methyl sites for hydroxylation is 1. The zero-order chi connectivity index (χ0) is 22.0. The third kappa shape index (κ3) is 4.61. The van der Waals surface area contributed by atoms with Crippen LogP contribution in [0.3, 0.4) is 0 Å². The monoisotopic (exact) mass is 425 g/mol. The van der Waals surface area contributed by atoms with Crippen molar-refractivity contribution in [3.63, 3.8) is 0 Å². The minimum absolute atomic E-state index is 0.156. The summed E-state index contributed by atoms with van der Waals surface area (Å²) in [4.78, 5) is 20.2. The first-order chi connectivity index (χ1) is 14.8. The molecule has 31 heavy (non-hydrogen) atoms. The number of pyridine rings is 1. The molecule has 0 amide bonds. The lowest BCUT2D eigenvalue weighted by atomic mass is 10.00. The molecule has 0 radical (unpaired) electrons. The van der Waals surface area contributed by atoms with E-state index in [1.165, 1.54) is 13.2 Å². The van der Waals surface area contributed by atoms with Gasteiger partial charge in [-0.15, -0.1) is 0 Å². The van der Waals surface area contributed by atoms with E-state index in [1.54, 1.807) is 0 Å². The summed E-state index contributed by atoms with van der Waals surface area (Å²) in [6, 6.07) is 9.63. The highest BCUT2D eigenvalue weighted by Crippen LogP contribution is 2.28. The normalized spacial score (nSPS) is 15.5. The zero-order valence-electron chi connectivity index (χ0n) is 16.6. The average Bonchev–Trinajstić information content (AvgIpc) is 3.20. The highest BCUT2D eigenvalue weighted by atomic mass is 19.4. The van der Waals surface area contributed by atoms with Crippen LogP contribution in [0.1, 0.15) is 29.1 Å². The van der Waals surface area contributed by atoms with Crippen LogP contribution in [0.4, 0.5) is 13.2 Å². The molecule has 1 atom stereocenters. The molecule has 1 unspecified atom stereocenters. The van der Waals surface area contributed by atoms with Gasteiger partial charge in [0.2, 0.25) is 0 Å². The zero-order valence-corrected chi connectivity index (χ0v) is 16.6. The van der Waals surface area contributed by atoms with Crippen LogP contribution >= 0.6 is 0 Å². The summed E-state index contributed by atoms with van der Waals surface area (Å²) < 4.78 is 44.6. The maximum absolute atomic E-state index is 12.6. The minimum Gasteiger partial charge on any atom is -0.469 e. The summed E-state index contributed by atoms with van der Waals surface area (Å²) in [7, 11) is 1.40. The maximum atomic E-state index is 12.6. The Morgan fingerprint density at radius 3 is 2.58 bits per heavy atom. The summed E-state index contributed by atoms with van der Waals surface area (Å²) in [6.45, 7) is 0.554. The van der Waals surface area contributed by atoms with Gasteiger partial charge in [-0.25, -0.2) is 9.97 Å². The van der Waals surface area contributed by atoms with Crippen molar-refractivity contribution in [1.29, 1.82) is 0 Å². The Balaban J connectivity index is 1.47. The van der Waals surface area contributed by atoms with Gasteiger partial charge in [0, 0.05) is 36.5 Å². The number of hydrogen-bond donors (Lipinski definition) is 0. The Morgan fingerprint density at radius 1 is 1.16 bits per heavy atom. The van der Waals surface area contributed by atoms with E-state index in [2.05, 4.69) is 21.8 Å². The van der Waals surface area contributed by atoms with E-state index >= 15 is 0 Å². The lowest BCUT2D eigenvalue weighted by Gasteiger charge is -2.21. The molecule has 0 spiro atoms. The number of hydrogen-bond acceptors (Lipinski definition) is 4. The maximum Gasteiger partial charge on any atom is 0.417 e. The van der Waals surface area contributed by atoms with E-state index in [0.29, 0.717) is 18.5 Å². The van der Waals surface area contributed by atoms with E-state index in [0.717, 1.165) is 35.8 Å². The predicted octanol–water partition coefficient (Wildman–Crippen LogP) is 4.10. The molecule has 158 valence electrons. The van der Waals surface area contributed by atoms with Crippen molar-refractivity contribution in [1.82, 2.24) is 14.5 Å². The van der Waals surface area contributed by atoms with Crippen molar-refractivity contribution in [2.75, 3.05) is 7.11 Å². The van der Waals surface area contributed by atoms with Gasteiger partial charge >= 0.3 is 12.1 Å². The smallest absolute Gasteiger partial charge is 0.417 e. The van der Waals surface area contributed by atoms with Crippen LogP contribution in [0.5, 0.6) is 0 Å². The number of imidazole rings is 1. The van der Waals surface area contributed by atoms with Crippen LogP contribution in [0.2, 0.25) is 0 Å². The molecule has 4 rings (SSSR count). The molecule has 8 heteroatoms. The highest BCUT2D eigenvalue weighted by Gasteiger charge is 2.30. The number of aromatic nitrogens is 3. The molecule has 0 aliphatic carbocycles. The second-order valence-electron chi connectivity index (χ2n) is 7.21. The molecular formula is C23H18F3N3O2. The van der Waals surface area contributed by atoms with Gasteiger partial charge in [-0.3, -0.25) is 4.79 Å². The third-order valence-corrected chi connectivity index (χ3v) is 5.13. The van der Waals surface area contributed by atoms with Crippen molar-refractivity contribution in [2.24, 2.45) is 5.92 Å². The molecule has 0 bridgehead atoms. The first-order valence-electron chi connectivity index (χ1n) is 9.63. The fourth-order valence-corrected chi connectivity index (χ4v) is 3.44. The van der Waals surface area contributed by atoms with Gasteiger partial charge in [0.1, 0.15) is 11.5 Å². The van der Waals surface area contributed by atoms with Crippen LogP contribution in [0.15, 0.2) is 48.8 Å². The van der Waals surface area contributed by atoms with Crippen molar-refractivity contribution in [3.8, 4) is 23.1 Å². The quantitative estimate of drug-likeness (QED) is 0.458. The SMILES string of the molecule is COC(=O)C1CCc2nc(-c3ccc(C#Cc4ccc(C(F)(F)F)cn4)cc3)cn2C1. The van der Waals surface area contributed by atoms with Crippen LogP contribution in [-0.2, 0) is 28.7 Å². The molecule has 0 N–H and O–H groups in total. The predicted molar refractivity (Wildman–Crippen MR) is 107 cm³/mol. The van der Waals surface area contributed by atoms with Gasteiger partial charge < -0.3 is 9.30 Å². The number of benzene rings is 1. The Morgan fingerprint density at radius 2 is 1.94 bits per heavy atom. The van der Waals surface area contributed by atoms with Crippen molar-refractivity contribution in [2.45, 2.75) is 25.6 Å². The van der Waals surface area contributed by atoms with Crippen molar-refractivity contribution < 1.29 is 22.7 Å². The summed E-state index contributed by atoms with van der Waals surface area (Å²) >= 11 is 0. The molecule has 3 heterocycles. The van der Waals surface area contributed by atoms with Crippen LogP contribution in [0, 0.1) is 17.8 Å². The summed E-state index contributed by atoms with van der Waals surface area (Å²) in [5, 5.41) is 0. The molecule has 1 aliphatic rings. The van der Waals surface area contributed by atoms with Gasteiger partial charge in [0.05, 0.1) is 24.3 Å². The Labute approximate surface area is 176 Å². The molecule has 1 aliphatic heterocycles. The number of halogens is 3. The number of methoxy groups -OCH3 is 1. The Kier molecular flexibility index (Phi) is 5.51. The second kappa shape index (κ2) is 8.26. The van der Waals surface area contributed by atoms with Gasteiger partial charge in [-0.1, -0.05) is 18.1 Å². The summed E-state index contributed by atoms with van der Waals surface area (Å²) in [5.41, 5.74) is 1.89. The Hall–Kier alpha value is -3.60. The van der Waals surface area contributed by atoms with E-state index in [-0.39, 0.29) is 17.6 Å². The molecule has 5 nitrogen and oxygen atoms in total. The molecule has 0 saturated carbocycles. The first kappa shape index (κ1) is 20.7. The largest absolute Gasteiger partial charge is 0.469 e. The van der Waals surface area contributed by atoms with E-state index in [4.69, 9.17) is 4.74 Å². The number of fused-ring (bicyclic) bond motifs is 1. The minimum atomic E-state index is -4.42. The number of esters is 1. The number of alkyl halides is 3. The van der Waals surface area contributed by atoms with Crippen molar-refractivity contribution in [3.05, 3.63) is 71.4 Å². The summed E-state index contributed by atoms with van der Waals surface area (Å²) in [6.07, 6.45) is -0.282. The lowest BCUT2D eigenvalue weighted by molar-refractivity contribution is -0.146. The van der Waals surface area contributed by atoms with E-state index < -0.39 is 11.7 Å². The molecular weight excluding hydrogens is 407 g/mol. The standard InChI is InChI=1S/C23H18F3N3O2/c1-31-22(30)17-7-11-21-28-20(14-29(21)13-17)16-5-2-15(3-6-16)4-9-19-10-8-18(12-27-19)23(24,25)26/h2-3,5-6,8,10,12,14,17H,7,11,13H2,1H3. The topological polar surface area (TPSA) is 57.0 Å². The number of nitrogens with zero attached hydrogens (tertiary/aromatic N) is 3. The number of ether oxygens (including phenoxy) is 1.